The molecule has 0 aliphatic rings. The molecule has 0 unspecified atom stereocenters. The lowest BCUT2D eigenvalue weighted by Crippen LogP contribution is -2.49. The maximum Gasteiger partial charge on any atom is 0.249 e. The summed E-state index contributed by atoms with van der Waals surface area (Å²) in [7, 11) is 0. The lowest BCUT2D eigenvalue weighted by atomic mass is 10.2. The van der Waals surface area contributed by atoms with Gasteiger partial charge >= 0.3 is 0 Å². The fraction of sp³-hybridized carbons (Fsp3) is 0.875. The van der Waals surface area contributed by atoms with Crippen LogP contribution in [0.25, 0.3) is 0 Å². The quantitative estimate of drug-likeness (QED) is 0.292. The molecule has 0 fully saturated rings. The van der Waals surface area contributed by atoms with E-state index >= 15 is 0 Å². The lowest BCUT2D eigenvalue weighted by Gasteiger charge is -2.16. The number of carbonyl (C=O) groups excluding carboxylic acids is 1. The van der Waals surface area contributed by atoms with E-state index < -0.39 is 0 Å². The Balaban J connectivity index is 3.29. The van der Waals surface area contributed by atoms with Crippen molar-refractivity contribution in [2.24, 2.45) is 11.6 Å². The van der Waals surface area contributed by atoms with Crippen molar-refractivity contribution in [1.29, 1.82) is 0 Å². The van der Waals surface area contributed by atoms with E-state index in [0.29, 0.717) is 6.54 Å². The number of hydrogen-bond acceptors (Lipinski definition) is 4. The van der Waals surface area contributed by atoms with Crippen LogP contribution in [0.5, 0.6) is 0 Å². The highest BCUT2D eigenvalue weighted by molar-refractivity contribution is 5.77. The molecule has 5 heteroatoms. The first-order valence-electron chi connectivity index (χ1n) is 4.72. The maximum atomic E-state index is 10.8. The van der Waals surface area contributed by atoms with Gasteiger partial charge in [0.25, 0.3) is 0 Å². The largest absolute Gasteiger partial charge is 0.322 e. The van der Waals surface area contributed by atoms with E-state index in [0.717, 1.165) is 12.8 Å². The highest BCUT2D eigenvalue weighted by atomic mass is 16.2. The molecule has 5 N–H and O–H groups in total. The van der Waals surface area contributed by atoms with Crippen LogP contribution in [0.1, 0.15) is 32.6 Å². The van der Waals surface area contributed by atoms with Crippen molar-refractivity contribution in [3.8, 4) is 0 Å². The van der Waals surface area contributed by atoms with Gasteiger partial charge < -0.3 is 5.73 Å². The molecule has 0 saturated heterocycles. The Hall–Kier alpha value is -0.650. The topological polar surface area (TPSA) is 84.4 Å². The molecule has 0 bridgehead atoms. The monoisotopic (exact) mass is 188 g/mol. The number of carbonyl (C=O) groups is 1. The third kappa shape index (κ3) is 7.70. The van der Waals surface area contributed by atoms with Crippen molar-refractivity contribution in [3.05, 3.63) is 0 Å². The summed E-state index contributed by atoms with van der Waals surface area (Å²) in [4.78, 5) is 10.8. The first kappa shape index (κ1) is 12.3. The molecule has 0 rings (SSSR count). The summed E-state index contributed by atoms with van der Waals surface area (Å²) in [6.45, 7) is 2.80. The van der Waals surface area contributed by atoms with Crippen molar-refractivity contribution >= 4 is 5.91 Å². The summed E-state index contributed by atoms with van der Waals surface area (Å²) in [5, 5.41) is 1.30. The Morgan fingerprint density at radius 1 is 1.38 bits per heavy atom. The SMILES string of the molecule is CCCCCCN(N)NC(=O)CN. The fourth-order valence-electron chi connectivity index (χ4n) is 0.971. The van der Waals surface area contributed by atoms with Gasteiger partial charge in [-0.1, -0.05) is 26.2 Å². The first-order chi connectivity index (χ1) is 6.20. The number of unbranched alkanes of at least 4 members (excludes halogenated alkanes) is 3. The Morgan fingerprint density at radius 3 is 2.62 bits per heavy atom. The molecular weight excluding hydrogens is 168 g/mol. The molecule has 1 amide bonds. The molecule has 13 heavy (non-hydrogen) atoms. The highest BCUT2D eigenvalue weighted by Gasteiger charge is 2.01. The van der Waals surface area contributed by atoms with Crippen LogP contribution in [0.4, 0.5) is 0 Å². The van der Waals surface area contributed by atoms with Crippen LogP contribution in [0, 0.1) is 0 Å². The van der Waals surface area contributed by atoms with E-state index in [4.69, 9.17) is 11.6 Å². The molecule has 0 aromatic carbocycles. The summed E-state index contributed by atoms with van der Waals surface area (Å²) in [6, 6.07) is 0. The predicted molar refractivity (Wildman–Crippen MR) is 52.2 cm³/mol. The third-order valence-corrected chi connectivity index (χ3v) is 1.71. The predicted octanol–water partition coefficient (Wildman–Crippen LogP) is -0.268. The zero-order chi connectivity index (χ0) is 10.1. The fourth-order valence-corrected chi connectivity index (χ4v) is 0.971. The van der Waals surface area contributed by atoms with E-state index in [1.807, 2.05) is 0 Å². The Morgan fingerprint density at radius 2 is 2.08 bits per heavy atom. The summed E-state index contributed by atoms with van der Waals surface area (Å²) in [5.74, 6) is 5.23. The van der Waals surface area contributed by atoms with E-state index in [1.54, 1.807) is 0 Å². The number of nitrogens with two attached hydrogens (primary N) is 2. The van der Waals surface area contributed by atoms with Crippen molar-refractivity contribution in [1.82, 2.24) is 10.5 Å². The van der Waals surface area contributed by atoms with Crippen molar-refractivity contribution in [2.45, 2.75) is 32.6 Å². The second-order valence-corrected chi connectivity index (χ2v) is 2.99. The van der Waals surface area contributed by atoms with Crippen molar-refractivity contribution in [2.75, 3.05) is 13.1 Å². The van der Waals surface area contributed by atoms with Gasteiger partial charge in [-0.25, -0.2) is 0 Å². The molecule has 0 aliphatic heterocycles. The average Bonchev–Trinajstić information content (AvgIpc) is 2.12. The second kappa shape index (κ2) is 7.97. The minimum Gasteiger partial charge on any atom is -0.322 e. The van der Waals surface area contributed by atoms with Gasteiger partial charge in [-0.3, -0.25) is 16.1 Å². The molecule has 0 aliphatic carbocycles. The maximum absolute atomic E-state index is 10.8. The molecule has 5 nitrogen and oxygen atoms in total. The van der Waals surface area contributed by atoms with Crippen molar-refractivity contribution < 1.29 is 4.79 Å². The van der Waals surface area contributed by atoms with Gasteiger partial charge in [0.2, 0.25) is 5.91 Å². The number of hydrazine groups is 2. The first-order valence-corrected chi connectivity index (χ1v) is 4.72. The minimum absolute atomic E-state index is 0.0251. The van der Waals surface area contributed by atoms with Crippen LogP contribution in [0.2, 0.25) is 0 Å². The summed E-state index contributed by atoms with van der Waals surface area (Å²) in [6.07, 6.45) is 4.54. The zero-order valence-electron chi connectivity index (χ0n) is 8.25. The molecule has 0 radical (unpaired) electrons. The van der Waals surface area contributed by atoms with Gasteiger partial charge in [0.15, 0.2) is 0 Å². The van der Waals surface area contributed by atoms with Gasteiger partial charge in [-0.15, -0.1) is 0 Å². The number of nitrogens with one attached hydrogen (secondary N) is 1. The molecule has 78 valence electrons. The number of rotatable bonds is 7. The lowest BCUT2D eigenvalue weighted by molar-refractivity contribution is -0.124. The van der Waals surface area contributed by atoms with Gasteiger partial charge in [0.1, 0.15) is 0 Å². The normalized spacial score (nSPS) is 10.5. The molecule has 0 aromatic heterocycles. The van der Waals surface area contributed by atoms with E-state index in [9.17, 15) is 4.79 Å². The Kier molecular flexibility index (Phi) is 7.57. The van der Waals surface area contributed by atoms with Gasteiger partial charge in [-0.2, -0.15) is 5.12 Å². The van der Waals surface area contributed by atoms with Gasteiger partial charge in [-0.05, 0) is 6.42 Å². The Labute approximate surface area is 79.4 Å². The van der Waals surface area contributed by atoms with Crippen LogP contribution in [0.3, 0.4) is 0 Å². The van der Waals surface area contributed by atoms with Gasteiger partial charge in [0, 0.05) is 6.54 Å². The smallest absolute Gasteiger partial charge is 0.249 e. The minimum atomic E-state index is -0.252. The summed E-state index contributed by atoms with van der Waals surface area (Å²) >= 11 is 0. The van der Waals surface area contributed by atoms with Crippen LogP contribution in [-0.2, 0) is 4.79 Å². The average molecular weight is 188 g/mol. The second-order valence-electron chi connectivity index (χ2n) is 2.99. The number of nitrogens with zero attached hydrogens (tertiary/aromatic N) is 1. The van der Waals surface area contributed by atoms with Crippen molar-refractivity contribution in [3.63, 3.8) is 0 Å². The van der Waals surface area contributed by atoms with E-state index in [1.165, 1.54) is 18.0 Å². The van der Waals surface area contributed by atoms with E-state index in [-0.39, 0.29) is 12.5 Å². The number of amides is 1. The molecule has 0 aromatic rings. The highest BCUT2D eigenvalue weighted by Crippen LogP contribution is 1.97. The van der Waals surface area contributed by atoms with Crippen LogP contribution in [0.15, 0.2) is 0 Å². The molecule has 0 heterocycles. The van der Waals surface area contributed by atoms with Crippen LogP contribution in [-0.4, -0.2) is 24.1 Å². The molecule has 0 atom stereocenters. The standard InChI is InChI=1S/C8H20N4O/c1-2-3-4-5-6-12(10)11-8(13)7-9/h2-7,9-10H2,1H3,(H,11,13). The van der Waals surface area contributed by atoms with E-state index in [2.05, 4.69) is 12.3 Å². The Bertz CT molecular complexity index is 140. The zero-order valence-corrected chi connectivity index (χ0v) is 8.25. The van der Waals surface area contributed by atoms with Gasteiger partial charge in [0.05, 0.1) is 6.54 Å². The third-order valence-electron chi connectivity index (χ3n) is 1.71. The summed E-state index contributed by atoms with van der Waals surface area (Å²) in [5.41, 5.74) is 7.56. The summed E-state index contributed by atoms with van der Waals surface area (Å²) < 4.78 is 0. The van der Waals surface area contributed by atoms with Crippen LogP contribution >= 0.6 is 0 Å². The molecule has 0 spiro atoms. The number of hydrogen-bond donors (Lipinski definition) is 3. The molecular formula is C8H20N4O. The van der Waals surface area contributed by atoms with Crippen LogP contribution < -0.4 is 17.0 Å². The molecule has 0 saturated carbocycles.